The van der Waals surface area contributed by atoms with E-state index < -0.39 is 0 Å². The van der Waals surface area contributed by atoms with Crippen LogP contribution in [0.1, 0.15) is 12.8 Å². The van der Waals surface area contributed by atoms with Crippen molar-refractivity contribution < 1.29 is 14.3 Å². The van der Waals surface area contributed by atoms with E-state index in [-0.39, 0.29) is 18.1 Å². The van der Waals surface area contributed by atoms with Crippen LogP contribution in [0.25, 0.3) is 0 Å². The Hall–Kier alpha value is -2.51. The van der Waals surface area contributed by atoms with Gasteiger partial charge in [0.25, 0.3) is 0 Å². The van der Waals surface area contributed by atoms with E-state index in [2.05, 4.69) is 15.6 Å². The molecule has 2 aliphatic heterocycles. The average Bonchev–Trinajstić information content (AvgIpc) is 3.01. The van der Waals surface area contributed by atoms with E-state index in [1.807, 2.05) is 4.90 Å². The van der Waals surface area contributed by atoms with Gasteiger partial charge in [-0.05, 0) is 25.0 Å². The van der Waals surface area contributed by atoms with Crippen LogP contribution in [0.2, 0.25) is 0 Å². The highest BCUT2D eigenvalue weighted by molar-refractivity contribution is 5.90. The molecule has 8 nitrogen and oxygen atoms in total. The first kappa shape index (κ1) is 15.4. The molecule has 8 heteroatoms. The molecule has 0 spiro atoms. The highest BCUT2D eigenvalue weighted by atomic mass is 16.5. The van der Waals surface area contributed by atoms with Crippen LogP contribution >= 0.6 is 0 Å². The third-order valence-corrected chi connectivity index (χ3v) is 4.22. The van der Waals surface area contributed by atoms with Gasteiger partial charge in [-0.15, -0.1) is 0 Å². The predicted molar refractivity (Wildman–Crippen MR) is 84.5 cm³/mol. The quantitative estimate of drug-likeness (QED) is 0.874. The normalized spacial score (nSPS) is 21.1. The maximum atomic E-state index is 12.5. The molecule has 2 saturated heterocycles. The Labute approximate surface area is 134 Å². The van der Waals surface area contributed by atoms with Crippen molar-refractivity contribution in [2.45, 2.75) is 18.9 Å². The maximum absolute atomic E-state index is 12.5. The molecule has 3 heterocycles. The van der Waals surface area contributed by atoms with Crippen molar-refractivity contribution in [2.24, 2.45) is 0 Å². The van der Waals surface area contributed by atoms with Crippen LogP contribution < -0.4 is 15.4 Å². The van der Waals surface area contributed by atoms with Crippen molar-refractivity contribution in [2.75, 3.05) is 38.6 Å². The van der Waals surface area contributed by atoms with Crippen LogP contribution in [-0.4, -0.2) is 66.2 Å². The fraction of sp³-hybridized carbons (Fsp3) is 0.533. The number of amides is 4. The fourth-order valence-electron chi connectivity index (χ4n) is 3.07. The number of nitrogens with one attached hydrogen (secondary N) is 2. The summed E-state index contributed by atoms with van der Waals surface area (Å²) in [5.74, 6) is 0.383. The molecule has 23 heavy (non-hydrogen) atoms. The zero-order valence-electron chi connectivity index (χ0n) is 13.1. The van der Waals surface area contributed by atoms with E-state index in [0.717, 1.165) is 12.8 Å². The van der Waals surface area contributed by atoms with Gasteiger partial charge in [-0.1, -0.05) is 0 Å². The lowest BCUT2D eigenvalue weighted by molar-refractivity contribution is 0.139. The molecule has 0 radical (unpaired) electrons. The molecule has 4 amide bonds. The van der Waals surface area contributed by atoms with Gasteiger partial charge in [0, 0.05) is 32.4 Å². The smallest absolute Gasteiger partial charge is 0.322 e. The van der Waals surface area contributed by atoms with Crippen LogP contribution in [0.15, 0.2) is 18.3 Å². The lowest BCUT2D eigenvalue weighted by Gasteiger charge is -2.36. The minimum atomic E-state index is -0.194. The molecule has 0 unspecified atom stereocenters. The second kappa shape index (κ2) is 6.72. The van der Waals surface area contributed by atoms with E-state index in [9.17, 15) is 9.59 Å². The van der Waals surface area contributed by atoms with Crippen LogP contribution in [0.5, 0.6) is 5.88 Å². The van der Waals surface area contributed by atoms with Crippen molar-refractivity contribution in [3.05, 3.63) is 18.3 Å². The van der Waals surface area contributed by atoms with E-state index in [0.29, 0.717) is 37.7 Å². The first-order chi connectivity index (χ1) is 11.2. The van der Waals surface area contributed by atoms with Crippen molar-refractivity contribution in [1.82, 2.24) is 20.1 Å². The second-order valence-electron chi connectivity index (χ2n) is 5.66. The van der Waals surface area contributed by atoms with Gasteiger partial charge in [-0.2, -0.15) is 0 Å². The minimum Gasteiger partial charge on any atom is -0.480 e. The molecule has 2 fully saturated rings. The molecular weight excluding hydrogens is 298 g/mol. The average molecular weight is 319 g/mol. The summed E-state index contributed by atoms with van der Waals surface area (Å²) in [6.07, 6.45) is 3.41. The van der Waals surface area contributed by atoms with Gasteiger partial charge in [-0.25, -0.2) is 14.6 Å². The molecule has 0 bridgehead atoms. The van der Waals surface area contributed by atoms with Crippen LogP contribution in [0.4, 0.5) is 15.3 Å². The number of nitrogens with zero attached hydrogens (tertiary/aromatic N) is 3. The number of hydrogen-bond donors (Lipinski definition) is 2. The third-order valence-electron chi connectivity index (χ3n) is 4.22. The molecule has 1 aromatic rings. The van der Waals surface area contributed by atoms with Gasteiger partial charge in [0.2, 0.25) is 5.88 Å². The Morgan fingerprint density at radius 3 is 3.09 bits per heavy atom. The summed E-state index contributed by atoms with van der Waals surface area (Å²) in [6.45, 7) is 2.60. The Kier molecular flexibility index (Phi) is 4.50. The maximum Gasteiger partial charge on any atom is 0.322 e. The molecule has 124 valence electrons. The van der Waals surface area contributed by atoms with Crippen LogP contribution in [0, 0.1) is 0 Å². The predicted octanol–water partition coefficient (Wildman–Crippen LogP) is 1.11. The van der Waals surface area contributed by atoms with Gasteiger partial charge in [0.05, 0.1) is 13.2 Å². The monoisotopic (exact) mass is 319 g/mol. The standard InChI is InChI=1S/C15H21N5O3/c1-23-13-12(5-2-6-16-13)18-15(22)19-8-3-4-11(10-19)20-9-7-17-14(20)21/h2,5-6,11H,3-4,7-10H2,1H3,(H,17,21)(H,18,22)/t11-/m0/s1. The number of carbonyl (C=O) groups excluding carboxylic acids is 2. The van der Waals surface area contributed by atoms with Crippen molar-refractivity contribution >= 4 is 17.7 Å². The van der Waals surface area contributed by atoms with E-state index in [1.54, 1.807) is 23.2 Å². The zero-order chi connectivity index (χ0) is 16.2. The van der Waals surface area contributed by atoms with Gasteiger partial charge in [0.1, 0.15) is 5.69 Å². The SMILES string of the molecule is COc1ncccc1NC(=O)N1CCC[C@H](N2CCNC2=O)C1. The molecule has 1 atom stereocenters. The molecule has 0 aliphatic carbocycles. The highest BCUT2D eigenvalue weighted by Gasteiger charge is 2.32. The zero-order valence-corrected chi connectivity index (χ0v) is 13.1. The largest absolute Gasteiger partial charge is 0.480 e. The number of hydrogen-bond acceptors (Lipinski definition) is 4. The number of ether oxygens (including phenoxy) is 1. The van der Waals surface area contributed by atoms with E-state index in [4.69, 9.17) is 4.74 Å². The molecule has 2 aliphatic rings. The Balaban J connectivity index is 1.64. The first-order valence-electron chi connectivity index (χ1n) is 7.78. The summed E-state index contributed by atoms with van der Waals surface area (Å²) in [5, 5.41) is 5.64. The number of rotatable bonds is 3. The van der Waals surface area contributed by atoms with Gasteiger partial charge in [-0.3, -0.25) is 0 Å². The summed E-state index contributed by atoms with van der Waals surface area (Å²) in [6, 6.07) is 3.34. The number of likely N-dealkylation sites (tertiary alicyclic amines) is 1. The summed E-state index contributed by atoms with van der Waals surface area (Å²) < 4.78 is 5.14. The lowest BCUT2D eigenvalue weighted by atomic mass is 10.0. The van der Waals surface area contributed by atoms with Crippen molar-refractivity contribution in [3.8, 4) is 5.88 Å². The molecular formula is C15H21N5O3. The number of anilines is 1. The summed E-state index contributed by atoms with van der Waals surface area (Å²) in [7, 11) is 1.51. The first-order valence-corrected chi connectivity index (χ1v) is 7.78. The molecule has 0 aromatic carbocycles. The second-order valence-corrected chi connectivity index (χ2v) is 5.66. The summed E-state index contributed by atoms with van der Waals surface area (Å²) in [4.78, 5) is 31.9. The lowest BCUT2D eigenvalue weighted by Crippen LogP contribution is -2.51. The topological polar surface area (TPSA) is 86.8 Å². The van der Waals surface area contributed by atoms with Crippen LogP contribution in [-0.2, 0) is 0 Å². The summed E-state index contributed by atoms with van der Waals surface area (Å²) >= 11 is 0. The van der Waals surface area contributed by atoms with E-state index in [1.165, 1.54) is 7.11 Å². The number of urea groups is 2. The van der Waals surface area contributed by atoms with Gasteiger partial charge in [0.15, 0.2) is 0 Å². The van der Waals surface area contributed by atoms with Crippen LogP contribution in [0.3, 0.4) is 0 Å². The minimum absolute atomic E-state index is 0.0359. The Bertz CT molecular complexity index is 594. The number of carbonyl (C=O) groups is 2. The van der Waals surface area contributed by atoms with Gasteiger partial charge >= 0.3 is 12.1 Å². The molecule has 0 saturated carbocycles. The molecule has 2 N–H and O–H groups in total. The van der Waals surface area contributed by atoms with Crippen molar-refractivity contribution in [1.29, 1.82) is 0 Å². The van der Waals surface area contributed by atoms with E-state index >= 15 is 0 Å². The number of methoxy groups -OCH3 is 1. The highest BCUT2D eigenvalue weighted by Crippen LogP contribution is 2.22. The number of aromatic nitrogens is 1. The summed E-state index contributed by atoms with van der Waals surface area (Å²) in [5.41, 5.74) is 0.543. The number of piperidine rings is 1. The number of pyridine rings is 1. The van der Waals surface area contributed by atoms with Gasteiger partial charge < -0.3 is 25.2 Å². The van der Waals surface area contributed by atoms with Crippen molar-refractivity contribution in [3.63, 3.8) is 0 Å². The fourth-order valence-corrected chi connectivity index (χ4v) is 3.07. The molecule has 3 rings (SSSR count). The third kappa shape index (κ3) is 3.30. The molecule has 1 aromatic heterocycles. The Morgan fingerprint density at radius 1 is 1.48 bits per heavy atom. The Morgan fingerprint density at radius 2 is 2.35 bits per heavy atom.